The van der Waals surface area contributed by atoms with E-state index in [1.54, 1.807) is 11.8 Å². The summed E-state index contributed by atoms with van der Waals surface area (Å²) in [7, 11) is 0. The summed E-state index contributed by atoms with van der Waals surface area (Å²) in [5, 5.41) is 8.10. The molecule has 1 amide bonds. The Bertz CT molecular complexity index is 554. The van der Waals surface area contributed by atoms with E-state index in [4.69, 9.17) is 5.73 Å². The normalized spacial score (nSPS) is 10.6. The lowest BCUT2D eigenvalue weighted by Crippen LogP contribution is -2.12. The molecule has 0 aliphatic carbocycles. The highest BCUT2D eigenvalue weighted by molar-refractivity contribution is 8.03. The lowest BCUT2D eigenvalue weighted by Gasteiger charge is -1.98. The van der Waals surface area contributed by atoms with E-state index in [0.717, 1.165) is 14.4 Å². The van der Waals surface area contributed by atoms with Crippen molar-refractivity contribution >= 4 is 40.8 Å². The first kappa shape index (κ1) is 14.4. The van der Waals surface area contributed by atoms with Gasteiger partial charge in [0.15, 0.2) is 8.68 Å². The molecule has 4 nitrogen and oxygen atoms in total. The molecule has 0 aliphatic rings. The number of carbonyl (C=O) groups is 1. The highest BCUT2D eigenvalue weighted by Gasteiger charge is 2.07. The summed E-state index contributed by atoms with van der Waals surface area (Å²) in [5.74, 6) is 0.779. The molecule has 1 aromatic carbocycles. The number of amides is 1. The summed E-state index contributed by atoms with van der Waals surface area (Å²) in [6.07, 6.45) is 0. The maximum Gasteiger partial charge on any atom is 0.227 e. The van der Waals surface area contributed by atoms with Crippen molar-refractivity contribution < 1.29 is 4.79 Å². The minimum Gasteiger partial charge on any atom is -0.369 e. The van der Waals surface area contributed by atoms with Gasteiger partial charge in [-0.05, 0) is 12.5 Å². The number of rotatable bonds is 6. The molecule has 0 bridgehead atoms. The van der Waals surface area contributed by atoms with Crippen LogP contribution >= 0.6 is 34.9 Å². The predicted octanol–water partition coefficient (Wildman–Crippen LogP) is 2.72. The van der Waals surface area contributed by atoms with E-state index in [1.165, 1.54) is 34.2 Å². The van der Waals surface area contributed by atoms with Crippen LogP contribution in [0.2, 0.25) is 0 Å². The number of nitrogens with zero attached hydrogens (tertiary/aromatic N) is 2. The van der Waals surface area contributed by atoms with Crippen LogP contribution < -0.4 is 5.73 Å². The third kappa shape index (κ3) is 4.85. The third-order valence-corrected chi connectivity index (χ3v) is 5.49. The Balaban J connectivity index is 1.86. The van der Waals surface area contributed by atoms with Crippen LogP contribution in [0, 0.1) is 6.92 Å². The van der Waals surface area contributed by atoms with E-state index in [1.807, 2.05) is 0 Å². The molecule has 0 aliphatic heterocycles. The maximum atomic E-state index is 10.7. The molecule has 2 rings (SSSR count). The van der Waals surface area contributed by atoms with Gasteiger partial charge < -0.3 is 5.73 Å². The van der Waals surface area contributed by atoms with Crippen LogP contribution in [0.3, 0.4) is 0 Å². The van der Waals surface area contributed by atoms with Crippen molar-refractivity contribution in [2.45, 2.75) is 21.4 Å². The Hall–Kier alpha value is -1.05. The number of nitrogens with two attached hydrogens (primary N) is 1. The molecule has 0 radical (unpaired) electrons. The first-order valence-electron chi connectivity index (χ1n) is 5.56. The van der Waals surface area contributed by atoms with E-state index in [9.17, 15) is 4.79 Å². The Morgan fingerprint density at radius 2 is 1.84 bits per heavy atom. The zero-order valence-electron chi connectivity index (χ0n) is 10.3. The van der Waals surface area contributed by atoms with Crippen molar-refractivity contribution in [3.8, 4) is 0 Å². The lowest BCUT2D eigenvalue weighted by molar-refractivity contribution is -0.115. The topological polar surface area (TPSA) is 68.9 Å². The highest BCUT2D eigenvalue weighted by Crippen LogP contribution is 2.30. The van der Waals surface area contributed by atoms with Gasteiger partial charge in [0.2, 0.25) is 5.91 Å². The van der Waals surface area contributed by atoms with Gasteiger partial charge in [0.05, 0.1) is 5.75 Å². The molecule has 0 fully saturated rings. The van der Waals surface area contributed by atoms with Crippen molar-refractivity contribution in [1.29, 1.82) is 0 Å². The molecule has 2 aromatic rings. The highest BCUT2D eigenvalue weighted by atomic mass is 32.2. The second-order valence-corrected chi connectivity index (χ2v) is 7.29. The first-order chi connectivity index (χ1) is 9.13. The minimum absolute atomic E-state index is 0.247. The number of benzene rings is 1. The van der Waals surface area contributed by atoms with E-state index < -0.39 is 0 Å². The predicted molar refractivity (Wildman–Crippen MR) is 80.6 cm³/mol. The molecule has 100 valence electrons. The van der Waals surface area contributed by atoms with Gasteiger partial charge in [-0.3, -0.25) is 4.79 Å². The Labute approximate surface area is 124 Å². The molecular weight excluding hydrogens is 298 g/mol. The van der Waals surface area contributed by atoms with E-state index in [2.05, 4.69) is 41.4 Å². The van der Waals surface area contributed by atoms with Gasteiger partial charge in [-0.2, -0.15) is 0 Å². The van der Waals surface area contributed by atoms with Crippen LogP contribution in [0.25, 0.3) is 0 Å². The van der Waals surface area contributed by atoms with Crippen molar-refractivity contribution in [2.75, 3.05) is 5.75 Å². The first-order valence-corrected chi connectivity index (χ1v) is 8.35. The summed E-state index contributed by atoms with van der Waals surface area (Å²) in [6, 6.07) is 8.44. The minimum atomic E-state index is -0.339. The summed E-state index contributed by atoms with van der Waals surface area (Å²) in [4.78, 5) is 10.7. The number of hydrogen-bond donors (Lipinski definition) is 1. The van der Waals surface area contributed by atoms with E-state index in [-0.39, 0.29) is 11.7 Å². The monoisotopic (exact) mass is 311 g/mol. The van der Waals surface area contributed by atoms with Crippen molar-refractivity contribution in [2.24, 2.45) is 5.73 Å². The zero-order chi connectivity index (χ0) is 13.7. The van der Waals surface area contributed by atoms with Crippen LogP contribution in [-0.4, -0.2) is 21.9 Å². The van der Waals surface area contributed by atoms with Crippen LogP contribution in [0.15, 0.2) is 32.9 Å². The summed E-state index contributed by atoms with van der Waals surface area (Å²) < 4.78 is 1.69. The van der Waals surface area contributed by atoms with Gasteiger partial charge in [-0.25, -0.2) is 0 Å². The fraction of sp³-hybridized carbons (Fsp3) is 0.250. The second-order valence-electron chi connectivity index (χ2n) is 3.86. The second kappa shape index (κ2) is 6.93. The van der Waals surface area contributed by atoms with Crippen molar-refractivity contribution in [3.63, 3.8) is 0 Å². The molecule has 0 unspecified atom stereocenters. The van der Waals surface area contributed by atoms with Crippen molar-refractivity contribution in [3.05, 3.63) is 35.4 Å². The largest absolute Gasteiger partial charge is 0.369 e. The number of thioether (sulfide) groups is 2. The quantitative estimate of drug-likeness (QED) is 0.831. The van der Waals surface area contributed by atoms with Crippen LogP contribution in [-0.2, 0) is 10.5 Å². The Kier molecular flexibility index (Phi) is 5.24. The van der Waals surface area contributed by atoms with E-state index >= 15 is 0 Å². The molecule has 19 heavy (non-hydrogen) atoms. The number of aromatic nitrogens is 2. The zero-order valence-corrected chi connectivity index (χ0v) is 12.8. The molecule has 0 saturated carbocycles. The molecule has 7 heteroatoms. The number of hydrogen-bond acceptors (Lipinski definition) is 6. The molecule has 1 heterocycles. The summed E-state index contributed by atoms with van der Waals surface area (Å²) in [6.45, 7) is 2.07. The fourth-order valence-electron chi connectivity index (χ4n) is 1.28. The maximum absolute atomic E-state index is 10.7. The average molecular weight is 311 g/mol. The van der Waals surface area contributed by atoms with Gasteiger partial charge in [0.25, 0.3) is 0 Å². The van der Waals surface area contributed by atoms with Gasteiger partial charge in [-0.1, -0.05) is 64.7 Å². The molecule has 2 N–H and O–H groups in total. The molecule has 1 aromatic heterocycles. The average Bonchev–Trinajstić information content (AvgIpc) is 2.84. The van der Waals surface area contributed by atoms with Crippen LogP contribution in [0.5, 0.6) is 0 Å². The number of aryl methyl sites for hydroxylation is 1. The van der Waals surface area contributed by atoms with Gasteiger partial charge in [0, 0.05) is 5.75 Å². The molecule has 0 spiro atoms. The van der Waals surface area contributed by atoms with Gasteiger partial charge >= 0.3 is 0 Å². The molecular formula is C12H13N3OS3. The van der Waals surface area contributed by atoms with E-state index in [0.29, 0.717) is 0 Å². The van der Waals surface area contributed by atoms with Crippen molar-refractivity contribution in [1.82, 2.24) is 10.2 Å². The summed E-state index contributed by atoms with van der Waals surface area (Å²) in [5.41, 5.74) is 7.61. The smallest absolute Gasteiger partial charge is 0.227 e. The molecule has 0 saturated heterocycles. The van der Waals surface area contributed by atoms with Gasteiger partial charge in [-0.15, -0.1) is 10.2 Å². The molecule has 0 atom stereocenters. The van der Waals surface area contributed by atoms with Crippen LogP contribution in [0.4, 0.5) is 0 Å². The number of carbonyl (C=O) groups excluding carboxylic acids is 1. The van der Waals surface area contributed by atoms with Gasteiger partial charge in [0.1, 0.15) is 0 Å². The third-order valence-electron chi connectivity index (χ3n) is 2.21. The Morgan fingerprint density at radius 3 is 2.47 bits per heavy atom. The lowest BCUT2D eigenvalue weighted by atomic mass is 10.2. The SMILES string of the molecule is Cc1ccc(CSc2nnc(SCC(N)=O)s2)cc1. The number of primary amides is 1. The standard InChI is InChI=1S/C12H13N3OS3/c1-8-2-4-9(5-3-8)6-17-11-14-15-12(19-11)18-7-10(13)16/h2-5H,6-7H2,1H3,(H2,13,16). The Morgan fingerprint density at radius 1 is 1.21 bits per heavy atom. The summed E-state index contributed by atoms with van der Waals surface area (Å²) >= 11 is 4.47. The van der Waals surface area contributed by atoms with Crippen LogP contribution in [0.1, 0.15) is 11.1 Å². The fourth-order valence-corrected chi connectivity index (χ4v) is 3.99.